The highest BCUT2D eigenvalue weighted by atomic mass is 32.2. The van der Waals surface area contributed by atoms with Gasteiger partial charge in [0.2, 0.25) is 15.9 Å². The van der Waals surface area contributed by atoms with Crippen LogP contribution in [0.5, 0.6) is 5.75 Å². The molecule has 176 valence electrons. The van der Waals surface area contributed by atoms with E-state index in [0.29, 0.717) is 30.9 Å². The van der Waals surface area contributed by atoms with Crippen LogP contribution in [0.25, 0.3) is 0 Å². The minimum atomic E-state index is -3.96. The Morgan fingerprint density at radius 1 is 0.970 bits per heavy atom. The molecule has 8 heteroatoms. The molecule has 0 spiro atoms. The highest BCUT2D eigenvalue weighted by molar-refractivity contribution is 7.89. The molecule has 33 heavy (non-hydrogen) atoms. The van der Waals surface area contributed by atoms with Crippen LogP contribution in [0, 0.1) is 6.92 Å². The molecule has 1 unspecified atom stereocenters. The molecule has 4 rings (SSSR count). The summed E-state index contributed by atoms with van der Waals surface area (Å²) >= 11 is 0. The Morgan fingerprint density at radius 2 is 1.61 bits per heavy atom. The minimum Gasteiger partial charge on any atom is -0.494 e. The van der Waals surface area contributed by atoms with E-state index in [1.807, 2.05) is 13.8 Å². The number of rotatable bonds is 7. The topological polar surface area (TPSA) is 84.0 Å². The Kier molecular flexibility index (Phi) is 6.86. The van der Waals surface area contributed by atoms with Gasteiger partial charge < -0.3 is 4.74 Å². The predicted octanol–water partition coefficient (Wildman–Crippen LogP) is 4.05. The first kappa shape index (κ1) is 23.4. The van der Waals surface area contributed by atoms with E-state index in [0.717, 1.165) is 29.7 Å². The number of imide groups is 1. The predicted molar refractivity (Wildman–Crippen MR) is 126 cm³/mol. The van der Waals surface area contributed by atoms with Crippen molar-refractivity contribution in [1.82, 2.24) is 4.31 Å². The SMILES string of the molecule is CCOc1ccc(N2C(=O)CC(N(C3CCCCC3)S(=O)(=O)c3ccc(C)cc3)C2=O)cc1. The average Bonchev–Trinajstić information content (AvgIpc) is 3.09. The number of nitrogens with zero attached hydrogens (tertiary/aromatic N) is 2. The van der Waals surface area contributed by atoms with Gasteiger partial charge in [-0.3, -0.25) is 9.59 Å². The Balaban J connectivity index is 1.69. The Hall–Kier alpha value is -2.71. The van der Waals surface area contributed by atoms with Crippen LogP contribution in [0.2, 0.25) is 0 Å². The van der Waals surface area contributed by atoms with E-state index < -0.39 is 27.9 Å². The van der Waals surface area contributed by atoms with Crippen LogP contribution in [0.4, 0.5) is 5.69 Å². The molecular weight excluding hydrogens is 440 g/mol. The maximum absolute atomic E-state index is 13.8. The van der Waals surface area contributed by atoms with E-state index in [1.54, 1.807) is 48.5 Å². The van der Waals surface area contributed by atoms with Gasteiger partial charge in [-0.2, -0.15) is 4.31 Å². The van der Waals surface area contributed by atoms with Crippen LogP contribution < -0.4 is 9.64 Å². The number of anilines is 1. The third-order valence-electron chi connectivity index (χ3n) is 6.37. The molecule has 0 bridgehead atoms. The fraction of sp³-hybridized carbons (Fsp3) is 0.440. The summed E-state index contributed by atoms with van der Waals surface area (Å²) in [5.41, 5.74) is 1.37. The molecule has 7 nitrogen and oxygen atoms in total. The largest absolute Gasteiger partial charge is 0.494 e. The van der Waals surface area contributed by atoms with E-state index in [1.165, 1.54) is 4.31 Å². The van der Waals surface area contributed by atoms with Crippen molar-refractivity contribution in [3.63, 3.8) is 0 Å². The fourth-order valence-electron chi connectivity index (χ4n) is 4.73. The molecule has 1 heterocycles. The van der Waals surface area contributed by atoms with Gasteiger partial charge in [-0.15, -0.1) is 0 Å². The van der Waals surface area contributed by atoms with E-state index in [4.69, 9.17) is 4.74 Å². The zero-order valence-corrected chi connectivity index (χ0v) is 19.9. The molecule has 1 saturated heterocycles. The van der Waals surface area contributed by atoms with Crippen molar-refractivity contribution in [3.8, 4) is 5.75 Å². The zero-order valence-electron chi connectivity index (χ0n) is 19.1. The number of carbonyl (C=O) groups is 2. The van der Waals surface area contributed by atoms with Gasteiger partial charge >= 0.3 is 0 Å². The number of carbonyl (C=O) groups excluding carboxylic acids is 2. The number of hydrogen-bond donors (Lipinski definition) is 0. The van der Waals surface area contributed by atoms with Crippen LogP contribution >= 0.6 is 0 Å². The van der Waals surface area contributed by atoms with Crippen molar-refractivity contribution in [2.45, 2.75) is 69.4 Å². The number of ether oxygens (including phenoxy) is 1. The minimum absolute atomic E-state index is 0.151. The summed E-state index contributed by atoms with van der Waals surface area (Å²) in [5, 5.41) is 0. The molecule has 0 aromatic heterocycles. The van der Waals surface area contributed by atoms with Gasteiger partial charge in [-0.25, -0.2) is 13.3 Å². The monoisotopic (exact) mass is 470 g/mol. The lowest BCUT2D eigenvalue weighted by atomic mass is 9.94. The summed E-state index contributed by atoms with van der Waals surface area (Å²) < 4.78 is 34.3. The van der Waals surface area contributed by atoms with Crippen LogP contribution in [-0.4, -0.2) is 43.2 Å². The first-order valence-electron chi connectivity index (χ1n) is 11.5. The maximum Gasteiger partial charge on any atom is 0.252 e. The van der Waals surface area contributed by atoms with E-state index in [2.05, 4.69) is 0 Å². The van der Waals surface area contributed by atoms with Gasteiger partial charge in [-0.1, -0.05) is 37.0 Å². The zero-order chi connectivity index (χ0) is 23.6. The summed E-state index contributed by atoms with van der Waals surface area (Å²) in [5.74, 6) is -0.248. The Morgan fingerprint density at radius 3 is 2.21 bits per heavy atom. The molecule has 1 aliphatic heterocycles. The van der Waals surface area contributed by atoms with Crippen molar-refractivity contribution in [2.24, 2.45) is 0 Å². The van der Waals surface area contributed by atoms with Gasteiger partial charge in [0.1, 0.15) is 11.8 Å². The second-order valence-corrected chi connectivity index (χ2v) is 10.5. The average molecular weight is 471 g/mol. The van der Waals surface area contributed by atoms with Gasteiger partial charge in [0, 0.05) is 6.04 Å². The quantitative estimate of drug-likeness (QED) is 0.570. The third kappa shape index (κ3) is 4.68. The molecule has 0 N–H and O–H groups in total. The summed E-state index contributed by atoms with van der Waals surface area (Å²) in [6.07, 6.45) is 4.07. The van der Waals surface area contributed by atoms with Crippen molar-refractivity contribution in [3.05, 3.63) is 54.1 Å². The lowest BCUT2D eigenvalue weighted by Crippen LogP contribution is -2.51. The summed E-state index contributed by atoms with van der Waals surface area (Å²) in [4.78, 5) is 27.7. The third-order valence-corrected chi connectivity index (χ3v) is 8.34. The molecule has 2 amide bonds. The standard InChI is InChI=1S/C25H30N2O5S/c1-3-32-21-13-11-19(12-14-21)26-24(28)17-23(25(26)29)27(20-7-5-4-6-8-20)33(30,31)22-15-9-18(2)10-16-22/h9-16,20,23H,3-8,17H2,1-2H3. The van der Waals surface area contributed by atoms with Crippen molar-refractivity contribution in [2.75, 3.05) is 11.5 Å². The van der Waals surface area contributed by atoms with Gasteiger partial charge in [0.15, 0.2) is 0 Å². The first-order chi connectivity index (χ1) is 15.8. The molecule has 1 saturated carbocycles. The lowest BCUT2D eigenvalue weighted by Gasteiger charge is -2.36. The Labute approximate surface area is 195 Å². The van der Waals surface area contributed by atoms with Crippen molar-refractivity contribution < 1.29 is 22.7 Å². The molecule has 1 aliphatic carbocycles. The highest BCUT2D eigenvalue weighted by Crippen LogP contribution is 2.35. The van der Waals surface area contributed by atoms with E-state index in [-0.39, 0.29) is 17.4 Å². The highest BCUT2D eigenvalue weighted by Gasteiger charge is 2.49. The second kappa shape index (κ2) is 9.65. The van der Waals surface area contributed by atoms with Crippen LogP contribution in [0.1, 0.15) is 51.0 Å². The molecule has 0 radical (unpaired) electrons. The van der Waals surface area contributed by atoms with Crippen molar-refractivity contribution in [1.29, 1.82) is 0 Å². The molecule has 2 aromatic rings. The number of aryl methyl sites for hydroxylation is 1. The fourth-order valence-corrected chi connectivity index (χ4v) is 6.56. The molecule has 2 aromatic carbocycles. The number of amides is 2. The maximum atomic E-state index is 13.8. The molecule has 2 aliphatic rings. The van der Waals surface area contributed by atoms with Crippen molar-refractivity contribution >= 4 is 27.5 Å². The van der Waals surface area contributed by atoms with Gasteiger partial charge in [-0.05, 0) is 63.1 Å². The van der Waals surface area contributed by atoms with Crippen LogP contribution in [-0.2, 0) is 19.6 Å². The summed E-state index contributed by atoms with van der Waals surface area (Å²) in [6.45, 7) is 4.28. The normalized spacial score (nSPS) is 20.0. The number of hydrogen-bond acceptors (Lipinski definition) is 5. The van der Waals surface area contributed by atoms with Gasteiger partial charge in [0.25, 0.3) is 5.91 Å². The van der Waals surface area contributed by atoms with E-state index in [9.17, 15) is 18.0 Å². The molecular formula is C25H30N2O5S. The second-order valence-electron chi connectivity index (χ2n) is 8.65. The first-order valence-corrected chi connectivity index (χ1v) is 13.0. The van der Waals surface area contributed by atoms with Crippen LogP contribution in [0.3, 0.4) is 0 Å². The van der Waals surface area contributed by atoms with Crippen LogP contribution in [0.15, 0.2) is 53.4 Å². The summed E-state index contributed by atoms with van der Waals surface area (Å²) in [6, 6.07) is 12.0. The molecule has 2 fully saturated rings. The van der Waals surface area contributed by atoms with Gasteiger partial charge in [0.05, 0.1) is 23.6 Å². The Bertz CT molecular complexity index is 1110. The summed E-state index contributed by atoms with van der Waals surface area (Å²) in [7, 11) is -3.96. The number of sulfonamides is 1. The lowest BCUT2D eigenvalue weighted by molar-refractivity contribution is -0.122. The smallest absolute Gasteiger partial charge is 0.252 e. The van der Waals surface area contributed by atoms with E-state index >= 15 is 0 Å². The number of benzene rings is 2. The molecule has 1 atom stereocenters.